The van der Waals surface area contributed by atoms with Gasteiger partial charge in [-0.05, 0) is 51.0 Å². The summed E-state index contributed by atoms with van der Waals surface area (Å²) in [6, 6.07) is 7.37. The molecule has 1 saturated heterocycles. The van der Waals surface area contributed by atoms with Crippen LogP contribution in [0.1, 0.15) is 37.0 Å². The molecule has 0 bridgehead atoms. The molecule has 4 rings (SSSR count). The summed E-state index contributed by atoms with van der Waals surface area (Å²) in [4.78, 5) is 31.2. The Morgan fingerprint density at radius 2 is 1.91 bits per heavy atom. The molecular weight excluding hydrogens is 422 g/mol. The lowest BCUT2D eigenvalue weighted by Crippen LogP contribution is -2.51. The predicted octanol–water partition coefficient (Wildman–Crippen LogP) is 2.55. The third-order valence-corrected chi connectivity index (χ3v) is 6.10. The Morgan fingerprint density at radius 1 is 1.15 bits per heavy atom. The van der Waals surface area contributed by atoms with Gasteiger partial charge in [0.1, 0.15) is 0 Å². The average Bonchev–Trinajstić information content (AvgIpc) is 3.39. The van der Waals surface area contributed by atoms with Crippen LogP contribution in [0.5, 0.6) is 0 Å². The molecule has 1 fully saturated rings. The minimum Gasteiger partial charge on any atom is -0.466 e. The number of methoxy groups -OCH3 is 1. The maximum absolute atomic E-state index is 13.6. The summed E-state index contributed by atoms with van der Waals surface area (Å²) in [5.74, 6) is -0.510. The molecule has 0 N–H and O–H groups in total. The number of rotatable bonds is 6. The number of piperidine rings is 1. The maximum Gasteiger partial charge on any atom is 0.338 e. The molecule has 1 unspecified atom stereocenters. The molecule has 0 radical (unpaired) electrons. The van der Waals surface area contributed by atoms with Crippen LogP contribution in [0.15, 0.2) is 60.6 Å². The first kappa shape index (κ1) is 22.7. The summed E-state index contributed by atoms with van der Waals surface area (Å²) in [7, 11) is 1.36. The number of amides is 1. The van der Waals surface area contributed by atoms with Crippen LogP contribution >= 0.6 is 0 Å². The Labute approximate surface area is 193 Å². The first-order valence-corrected chi connectivity index (χ1v) is 11.2. The number of allylic oxidation sites excluding steroid dienone is 2. The van der Waals surface area contributed by atoms with Gasteiger partial charge >= 0.3 is 5.97 Å². The lowest BCUT2D eigenvalue weighted by molar-refractivity contribution is -0.142. The summed E-state index contributed by atoms with van der Waals surface area (Å²) in [5, 5.41) is 8.37. The van der Waals surface area contributed by atoms with Gasteiger partial charge in [0.15, 0.2) is 6.23 Å². The van der Waals surface area contributed by atoms with Crippen molar-refractivity contribution in [1.29, 1.82) is 0 Å². The average molecular weight is 452 g/mol. The van der Waals surface area contributed by atoms with E-state index in [2.05, 4.69) is 10.2 Å². The quantitative estimate of drug-likeness (QED) is 0.624. The van der Waals surface area contributed by atoms with Crippen molar-refractivity contribution in [2.75, 3.05) is 20.2 Å². The molecule has 9 nitrogen and oxygen atoms in total. The zero-order valence-corrected chi connectivity index (χ0v) is 19.1. The maximum atomic E-state index is 13.6. The van der Waals surface area contributed by atoms with E-state index in [0.29, 0.717) is 29.9 Å². The molecule has 3 atom stereocenters. The van der Waals surface area contributed by atoms with E-state index in [1.807, 2.05) is 54.1 Å². The number of carbonyl (C=O) groups excluding carboxylic acids is 2. The summed E-state index contributed by atoms with van der Waals surface area (Å²) in [6.07, 6.45) is 9.42. The lowest BCUT2D eigenvalue weighted by Gasteiger charge is -2.41. The second-order valence-electron chi connectivity index (χ2n) is 8.12. The van der Waals surface area contributed by atoms with Crippen molar-refractivity contribution in [3.63, 3.8) is 0 Å². The van der Waals surface area contributed by atoms with Crippen LogP contribution in [0.25, 0.3) is 5.69 Å². The van der Waals surface area contributed by atoms with E-state index in [1.54, 1.807) is 24.5 Å². The molecule has 33 heavy (non-hydrogen) atoms. The molecule has 1 amide bonds. The van der Waals surface area contributed by atoms with Gasteiger partial charge in [0.05, 0.1) is 42.4 Å². The molecule has 0 aliphatic carbocycles. The highest BCUT2D eigenvalue weighted by atomic mass is 16.5. The fraction of sp³-hybridized carbons (Fsp3) is 0.417. The Bertz CT molecular complexity index is 1050. The SMILES string of the molecule is CCN1C=CC=C(C(=O)OC)C1O[C@@H]1CC[C@@H](C)N(C(=O)c2ccccc2-n2nccn2)C1. The van der Waals surface area contributed by atoms with Crippen molar-refractivity contribution in [3.05, 3.63) is 66.1 Å². The zero-order chi connectivity index (χ0) is 23.4. The molecular formula is C24H29N5O4. The van der Waals surface area contributed by atoms with Crippen LogP contribution in [0, 0.1) is 0 Å². The van der Waals surface area contributed by atoms with Gasteiger partial charge in [-0.25, -0.2) is 4.79 Å². The Morgan fingerprint density at radius 3 is 2.64 bits per heavy atom. The van der Waals surface area contributed by atoms with Gasteiger partial charge in [-0.1, -0.05) is 12.1 Å². The zero-order valence-electron chi connectivity index (χ0n) is 19.1. The summed E-state index contributed by atoms with van der Waals surface area (Å²) in [6.45, 7) is 5.14. The number of likely N-dealkylation sites (tertiary alicyclic amines) is 1. The first-order valence-electron chi connectivity index (χ1n) is 11.2. The number of ether oxygens (including phenoxy) is 2. The Hall–Kier alpha value is -3.46. The van der Waals surface area contributed by atoms with E-state index in [0.717, 1.165) is 12.8 Å². The molecule has 9 heteroatoms. The van der Waals surface area contributed by atoms with Crippen molar-refractivity contribution < 1.29 is 19.1 Å². The fourth-order valence-corrected chi connectivity index (χ4v) is 4.28. The van der Waals surface area contributed by atoms with E-state index >= 15 is 0 Å². The van der Waals surface area contributed by atoms with Crippen molar-refractivity contribution in [2.24, 2.45) is 0 Å². The van der Waals surface area contributed by atoms with Crippen LogP contribution < -0.4 is 0 Å². The van der Waals surface area contributed by atoms with Crippen LogP contribution in [0.3, 0.4) is 0 Å². The topological polar surface area (TPSA) is 89.8 Å². The lowest BCUT2D eigenvalue weighted by atomic mass is 9.99. The largest absolute Gasteiger partial charge is 0.466 e. The first-order chi connectivity index (χ1) is 16.0. The highest BCUT2D eigenvalue weighted by Crippen LogP contribution is 2.27. The molecule has 1 aromatic carbocycles. The van der Waals surface area contributed by atoms with E-state index in [-0.39, 0.29) is 18.1 Å². The smallest absolute Gasteiger partial charge is 0.338 e. The van der Waals surface area contributed by atoms with Gasteiger partial charge in [-0.15, -0.1) is 0 Å². The van der Waals surface area contributed by atoms with Crippen molar-refractivity contribution in [2.45, 2.75) is 45.1 Å². The van der Waals surface area contributed by atoms with Crippen LogP contribution in [0.2, 0.25) is 0 Å². The normalized spacial score (nSPS) is 22.8. The van der Waals surface area contributed by atoms with Gasteiger partial charge in [0, 0.05) is 25.3 Å². The second-order valence-corrected chi connectivity index (χ2v) is 8.12. The number of aromatic nitrogens is 3. The number of likely N-dealkylation sites (N-methyl/N-ethyl adjacent to an activating group) is 1. The van der Waals surface area contributed by atoms with Crippen LogP contribution in [0.4, 0.5) is 0 Å². The third-order valence-electron chi connectivity index (χ3n) is 6.10. The highest BCUT2D eigenvalue weighted by Gasteiger charge is 2.36. The van der Waals surface area contributed by atoms with Gasteiger partial charge in [0.25, 0.3) is 5.91 Å². The Balaban J connectivity index is 1.54. The molecule has 1 aromatic heterocycles. The third kappa shape index (κ3) is 4.68. The number of carbonyl (C=O) groups is 2. The molecule has 3 heterocycles. The van der Waals surface area contributed by atoms with Gasteiger partial charge in [-0.2, -0.15) is 15.0 Å². The summed E-state index contributed by atoms with van der Waals surface area (Å²) in [5.41, 5.74) is 1.62. The van der Waals surface area contributed by atoms with Gasteiger partial charge < -0.3 is 19.3 Å². The number of nitrogens with zero attached hydrogens (tertiary/aromatic N) is 5. The van der Waals surface area contributed by atoms with Gasteiger partial charge in [0.2, 0.25) is 0 Å². The van der Waals surface area contributed by atoms with Crippen molar-refractivity contribution in [3.8, 4) is 5.69 Å². The number of hydrogen-bond donors (Lipinski definition) is 0. The molecule has 174 valence electrons. The van der Waals surface area contributed by atoms with Crippen LogP contribution in [-0.4, -0.2) is 75.2 Å². The number of esters is 1. The summed E-state index contributed by atoms with van der Waals surface area (Å²) >= 11 is 0. The second kappa shape index (κ2) is 9.99. The molecule has 2 aromatic rings. The van der Waals surface area contributed by atoms with E-state index in [4.69, 9.17) is 9.47 Å². The van der Waals surface area contributed by atoms with E-state index < -0.39 is 12.2 Å². The molecule has 0 saturated carbocycles. The summed E-state index contributed by atoms with van der Waals surface area (Å²) < 4.78 is 11.4. The van der Waals surface area contributed by atoms with Crippen molar-refractivity contribution >= 4 is 11.9 Å². The minimum absolute atomic E-state index is 0.0557. The highest BCUT2D eigenvalue weighted by molar-refractivity contribution is 5.98. The Kier molecular flexibility index (Phi) is 6.88. The molecule has 2 aliphatic heterocycles. The standard InChI is InChI=1S/C24H29N5O4/c1-4-27-15-7-9-20(24(31)32-3)23(27)33-18-12-11-17(2)28(16-18)22(30)19-8-5-6-10-21(19)29-25-13-14-26-29/h5-10,13-15,17-18,23H,4,11-12,16H2,1-3H3/t17-,18-,23?/m1/s1. The van der Waals surface area contributed by atoms with E-state index in [1.165, 1.54) is 11.9 Å². The number of hydrogen-bond acceptors (Lipinski definition) is 7. The number of para-hydroxylation sites is 1. The number of benzene rings is 1. The fourth-order valence-electron chi connectivity index (χ4n) is 4.28. The van der Waals surface area contributed by atoms with Gasteiger partial charge in [-0.3, -0.25) is 4.79 Å². The monoisotopic (exact) mass is 451 g/mol. The van der Waals surface area contributed by atoms with Crippen LogP contribution in [-0.2, 0) is 14.3 Å². The molecule has 0 spiro atoms. The van der Waals surface area contributed by atoms with Crippen molar-refractivity contribution in [1.82, 2.24) is 24.8 Å². The molecule has 2 aliphatic rings. The van der Waals surface area contributed by atoms with E-state index in [9.17, 15) is 9.59 Å². The minimum atomic E-state index is -0.552. The predicted molar refractivity (Wildman–Crippen MR) is 121 cm³/mol.